The number of pyridine rings is 1. The minimum atomic E-state index is 0.189. The number of hydrogen-bond acceptors (Lipinski definition) is 6. The first-order valence-corrected chi connectivity index (χ1v) is 7.70. The molecular weight excluding hydrogens is 316 g/mol. The molecule has 7 heteroatoms. The summed E-state index contributed by atoms with van der Waals surface area (Å²) in [6, 6.07) is 7.60. The maximum atomic E-state index is 6.17. The Balaban J connectivity index is 1.73. The molecule has 0 saturated carbocycles. The van der Waals surface area contributed by atoms with E-state index in [4.69, 9.17) is 20.9 Å². The van der Waals surface area contributed by atoms with Crippen LogP contribution in [0.4, 0.5) is 0 Å². The molecule has 23 heavy (non-hydrogen) atoms. The molecule has 0 saturated heterocycles. The van der Waals surface area contributed by atoms with Gasteiger partial charge in [-0.1, -0.05) is 16.8 Å². The molecule has 0 aliphatic heterocycles. The highest BCUT2D eigenvalue weighted by Gasteiger charge is 2.12. The number of benzene rings is 1. The lowest BCUT2D eigenvalue weighted by molar-refractivity contribution is 0.244. The predicted octanol–water partition coefficient (Wildman–Crippen LogP) is 3.00. The Hall–Kier alpha value is -2.18. The second kappa shape index (κ2) is 6.93. The highest BCUT2D eigenvalue weighted by Crippen LogP contribution is 2.29. The van der Waals surface area contributed by atoms with Gasteiger partial charge in [0, 0.05) is 24.0 Å². The standard InChI is InChI=1S/C16H17ClN4O2/c1-10(18-2)8-14-20-15(23-21-14)9-22-13-6-5-12(17)11-4-3-7-19-16(11)13/h3-7,10,18H,8-9H2,1-2H3. The highest BCUT2D eigenvalue weighted by molar-refractivity contribution is 6.35. The molecular formula is C16H17ClN4O2. The molecule has 1 N–H and O–H groups in total. The van der Waals surface area contributed by atoms with Crippen molar-refractivity contribution in [2.75, 3.05) is 7.05 Å². The summed E-state index contributed by atoms with van der Waals surface area (Å²) in [5.41, 5.74) is 0.712. The molecule has 1 unspecified atom stereocenters. The van der Waals surface area contributed by atoms with E-state index in [1.54, 1.807) is 18.3 Å². The van der Waals surface area contributed by atoms with E-state index in [-0.39, 0.29) is 12.6 Å². The first kappa shape index (κ1) is 15.7. The lowest BCUT2D eigenvalue weighted by atomic mass is 10.2. The summed E-state index contributed by atoms with van der Waals surface area (Å²) in [6.07, 6.45) is 2.40. The second-order valence-corrected chi connectivity index (χ2v) is 5.64. The minimum Gasteiger partial charge on any atom is -0.481 e. The molecule has 2 heterocycles. The third-order valence-corrected chi connectivity index (χ3v) is 3.85. The van der Waals surface area contributed by atoms with Crippen molar-refractivity contribution in [3.63, 3.8) is 0 Å². The van der Waals surface area contributed by atoms with Crippen molar-refractivity contribution in [1.82, 2.24) is 20.4 Å². The van der Waals surface area contributed by atoms with Crippen LogP contribution in [-0.4, -0.2) is 28.2 Å². The van der Waals surface area contributed by atoms with Crippen molar-refractivity contribution in [2.24, 2.45) is 0 Å². The molecule has 0 bridgehead atoms. The van der Waals surface area contributed by atoms with E-state index < -0.39 is 0 Å². The van der Waals surface area contributed by atoms with E-state index in [0.29, 0.717) is 34.4 Å². The number of halogens is 1. The van der Waals surface area contributed by atoms with Crippen molar-refractivity contribution in [2.45, 2.75) is 26.0 Å². The molecule has 0 aliphatic carbocycles. The number of hydrogen-bond donors (Lipinski definition) is 1. The maximum Gasteiger partial charge on any atom is 0.264 e. The van der Waals surface area contributed by atoms with Gasteiger partial charge < -0.3 is 14.6 Å². The molecule has 1 aromatic carbocycles. The Labute approximate surface area is 138 Å². The van der Waals surface area contributed by atoms with Gasteiger partial charge >= 0.3 is 0 Å². The summed E-state index contributed by atoms with van der Waals surface area (Å²) in [7, 11) is 1.90. The number of ether oxygens (including phenoxy) is 1. The van der Waals surface area contributed by atoms with E-state index >= 15 is 0 Å². The Bertz CT molecular complexity index is 806. The van der Waals surface area contributed by atoms with Crippen LogP contribution in [0.2, 0.25) is 5.02 Å². The summed E-state index contributed by atoms with van der Waals surface area (Å²) < 4.78 is 11.0. The van der Waals surface area contributed by atoms with Gasteiger partial charge in [0.1, 0.15) is 11.3 Å². The molecule has 6 nitrogen and oxygen atoms in total. The average Bonchev–Trinajstić information content (AvgIpc) is 3.02. The fourth-order valence-electron chi connectivity index (χ4n) is 2.18. The van der Waals surface area contributed by atoms with Gasteiger partial charge in [0.2, 0.25) is 0 Å². The first-order valence-electron chi connectivity index (χ1n) is 7.32. The van der Waals surface area contributed by atoms with Crippen LogP contribution in [0, 0.1) is 0 Å². The summed E-state index contributed by atoms with van der Waals surface area (Å²) in [4.78, 5) is 8.65. The van der Waals surface area contributed by atoms with Crippen molar-refractivity contribution >= 4 is 22.5 Å². The molecule has 0 fully saturated rings. The molecule has 0 spiro atoms. The topological polar surface area (TPSA) is 73.1 Å². The Kier molecular flexibility index (Phi) is 4.73. The molecule has 3 rings (SSSR count). The highest BCUT2D eigenvalue weighted by atomic mass is 35.5. The van der Waals surface area contributed by atoms with E-state index in [2.05, 4.69) is 27.4 Å². The van der Waals surface area contributed by atoms with Crippen molar-refractivity contribution in [3.05, 3.63) is 47.2 Å². The van der Waals surface area contributed by atoms with Gasteiger partial charge in [-0.15, -0.1) is 0 Å². The fraction of sp³-hybridized carbons (Fsp3) is 0.312. The van der Waals surface area contributed by atoms with Crippen LogP contribution in [0.15, 0.2) is 35.0 Å². The van der Waals surface area contributed by atoms with E-state index in [0.717, 1.165) is 5.39 Å². The van der Waals surface area contributed by atoms with E-state index in [1.165, 1.54) is 0 Å². The smallest absolute Gasteiger partial charge is 0.264 e. The number of rotatable bonds is 6. The van der Waals surface area contributed by atoms with Gasteiger partial charge in [-0.3, -0.25) is 4.98 Å². The van der Waals surface area contributed by atoms with E-state index in [1.807, 2.05) is 19.2 Å². The summed E-state index contributed by atoms with van der Waals surface area (Å²) in [6.45, 7) is 2.24. The summed E-state index contributed by atoms with van der Waals surface area (Å²) in [5, 5.41) is 8.57. The number of nitrogens with zero attached hydrogens (tertiary/aromatic N) is 3. The van der Waals surface area contributed by atoms with E-state index in [9.17, 15) is 0 Å². The molecule has 120 valence electrons. The number of aromatic nitrogens is 3. The molecule has 0 amide bonds. The monoisotopic (exact) mass is 332 g/mol. The lowest BCUT2D eigenvalue weighted by Gasteiger charge is -2.07. The minimum absolute atomic E-state index is 0.189. The van der Waals surface area contributed by atoms with Crippen molar-refractivity contribution in [1.29, 1.82) is 0 Å². The lowest BCUT2D eigenvalue weighted by Crippen LogP contribution is -2.24. The zero-order valence-electron chi connectivity index (χ0n) is 12.9. The third kappa shape index (κ3) is 3.60. The van der Waals surface area contributed by atoms with Gasteiger partial charge in [-0.05, 0) is 38.2 Å². The summed E-state index contributed by atoms with van der Waals surface area (Å²) >= 11 is 6.17. The summed E-state index contributed by atoms with van der Waals surface area (Å²) in [5.74, 6) is 1.72. The molecule has 1 atom stereocenters. The van der Waals surface area contributed by atoms with Crippen LogP contribution in [-0.2, 0) is 13.0 Å². The van der Waals surface area contributed by atoms with Crippen LogP contribution >= 0.6 is 11.6 Å². The van der Waals surface area contributed by atoms with Crippen LogP contribution in [0.1, 0.15) is 18.6 Å². The SMILES string of the molecule is CNC(C)Cc1noc(COc2ccc(Cl)c3cccnc23)n1. The van der Waals surface area contributed by atoms with Gasteiger partial charge in [0.25, 0.3) is 5.89 Å². The number of nitrogens with one attached hydrogen (secondary N) is 1. The van der Waals surface area contributed by atoms with Gasteiger partial charge in [0.15, 0.2) is 12.4 Å². The van der Waals surface area contributed by atoms with Gasteiger partial charge in [-0.25, -0.2) is 0 Å². The third-order valence-electron chi connectivity index (χ3n) is 3.52. The van der Waals surface area contributed by atoms with Crippen LogP contribution in [0.5, 0.6) is 5.75 Å². The number of fused-ring (bicyclic) bond motifs is 1. The molecule has 0 radical (unpaired) electrons. The molecule has 2 aromatic heterocycles. The Morgan fingerprint density at radius 2 is 2.22 bits per heavy atom. The quantitative estimate of drug-likeness (QED) is 0.748. The Morgan fingerprint density at radius 1 is 1.35 bits per heavy atom. The second-order valence-electron chi connectivity index (χ2n) is 5.23. The maximum absolute atomic E-state index is 6.17. The molecule has 3 aromatic rings. The zero-order chi connectivity index (χ0) is 16.2. The number of likely N-dealkylation sites (N-methyl/N-ethyl adjacent to an activating group) is 1. The average molecular weight is 333 g/mol. The predicted molar refractivity (Wildman–Crippen MR) is 87.6 cm³/mol. The van der Waals surface area contributed by atoms with Crippen molar-refractivity contribution < 1.29 is 9.26 Å². The fourth-order valence-corrected chi connectivity index (χ4v) is 2.39. The zero-order valence-corrected chi connectivity index (χ0v) is 13.7. The van der Waals surface area contributed by atoms with Gasteiger partial charge in [0.05, 0.1) is 5.02 Å². The first-order chi connectivity index (χ1) is 11.2. The Morgan fingerprint density at radius 3 is 3.04 bits per heavy atom. The largest absolute Gasteiger partial charge is 0.481 e. The van der Waals surface area contributed by atoms with Crippen LogP contribution < -0.4 is 10.1 Å². The normalized spacial score (nSPS) is 12.5. The van der Waals surface area contributed by atoms with Crippen LogP contribution in [0.25, 0.3) is 10.9 Å². The van der Waals surface area contributed by atoms with Crippen LogP contribution in [0.3, 0.4) is 0 Å². The van der Waals surface area contributed by atoms with Crippen molar-refractivity contribution in [3.8, 4) is 5.75 Å². The molecule has 0 aliphatic rings. The van der Waals surface area contributed by atoms with Gasteiger partial charge in [-0.2, -0.15) is 4.98 Å².